The van der Waals surface area contributed by atoms with Gasteiger partial charge < -0.3 is 4.57 Å². The number of rotatable bonds is 1. The van der Waals surface area contributed by atoms with E-state index >= 15 is 0 Å². The molecule has 2 heterocycles. The summed E-state index contributed by atoms with van der Waals surface area (Å²) in [5.41, 5.74) is 8.53. The summed E-state index contributed by atoms with van der Waals surface area (Å²) in [6.07, 6.45) is 7.52. The van der Waals surface area contributed by atoms with Crippen molar-refractivity contribution < 1.29 is 0 Å². The molecular formula is C30H22N2. The van der Waals surface area contributed by atoms with Crippen molar-refractivity contribution in [3.63, 3.8) is 0 Å². The Hall–Kier alpha value is -4.17. The van der Waals surface area contributed by atoms with Crippen LogP contribution in [0.2, 0.25) is 0 Å². The smallest absolute Gasteiger partial charge is 0.0716 e. The fraction of sp³-hybridized carbons (Fsp3) is 0.0333. The largest absolute Gasteiger partial charge is 0.309 e. The topological polar surface area (TPSA) is 17.3 Å². The minimum absolute atomic E-state index is 1.03. The molecule has 0 unspecified atom stereocenters. The van der Waals surface area contributed by atoms with Gasteiger partial charge in [0.25, 0.3) is 0 Å². The van der Waals surface area contributed by atoms with Gasteiger partial charge in [0.2, 0.25) is 0 Å². The maximum Gasteiger partial charge on any atom is 0.0716 e. The summed E-state index contributed by atoms with van der Waals surface area (Å²) in [7, 11) is 0. The molecule has 1 aliphatic carbocycles. The van der Waals surface area contributed by atoms with E-state index in [1.807, 2.05) is 6.07 Å². The third kappa shape index (κ3) is 3.09. The molecule has 0 saturated heterocycles. The molecule has 2 heteroatoms. The molecule has 32 heavy (non-hydrogen) atoms. The fourth-order valence-electron chi connectivity index (χ4n) is 4.61. The zero-order chi connectivity index (χ0) is 21.3. The van der Waals surface area contributed by atoms with Crippen molar-refractivity contribution in [1.29, 1.82) is 0 Å². The third-order valence-electron chi connectivity index (χ3n) is 6.04. The van der Waals surface area contributed by atoms with Crippen LogP contribution in [0.4, 0.5) is 5.69 Å². The number of nitrogens with zero attached hydrogens (tertiary/aromatic N) is 2. The lowest BCUT2D eigenvalue weighted by atomic mass is 9.98. The normalized spacial score (nSPS) is 13.8. The Bertz CT molecular complexity index is 1480. The van der Waals surface area contributed by atoms with Crippen molar-refractivity contribution in [3.05, 3.63) is 127 Å². The molecule has 0 radical (unpaired) electrons. The van der Waals surface area contributed by atoms with E-state index in [1.54, 1.807) is 0 Å². The molecule has 1 aliphatic heterocycles. The highest BCUT2D eigenvalue weighted by Gasteiger charge is 2.18. The van der Waals surface area contributed by atoms with E-state index in [0.717, 1.165) is 17.8 Å². The van der Waals surface area contributed by atoms with E-state index in [4.69, 9.17) is 0 Å². The Kier molecular flexibility index (Phi) is 4.54. The molecule has 0 N–H and O–H groups in total. The highest BCUT2D eigenvalue weighted by Crippen LogP contribution is 2.36. The van der Waals surface area contributed by atoms with Crippen LogP contribution in [0.25, 0.3) is 33.1 Å². The number of hydrogen-bond donors (Lipinski definition) is 0. The van der Waals surface area contributed by atoms with Crippen LogP contribution in [-0.2, 0) is 0 Å². The fourth-order valence-corrected chi connectivity index (χ4v) is 4.61. The molecule has 7 rings (SSSR count). The molecule has 0 bridgehead atoms. The summed E-state index contributed by atoms with van der Waals surface area (Å²) >= 11 is 0. The lowest BCUT2D eigenvalue weighted by molar-refractivity contribution is 1.18. The van der Waals surface area contributed by atoms with Crippen LogP contribution in [0.5, 0.6) is 0 Å². The maximum absolute atomic E-state index is 4.54. The van der Waals surface area contributed by atoms with Crippen LogP contribution in [0, 0.1) is 0 Å². The predicted molar refractivity (Wildman–Crippen MR) is 136 cm³/mol. The molecule has 1 aromatic heterocycles. The number of allylic oxidation sites excluding steroid dienone is 4. The summed E-state index contributed by atoms with van der Waals surface area (Å²) in [6.45, 7) is 0. The molecule has 0 atom stereocenters. The van der Waals surface area contributed by atoms with E-state index in [2.05, 4.69) is 125 Å². The first-order valence-corrected chi connectivity index (χ1v) is 11.0. The molecule has 152 valence electrons. The van der Waals surface area contributed by atoms with Gasteiger partial charge in [0.15, 0.2) is 0 Å². The van der Waals surface area contributed by atoms with Gasteiger partial charge in [-0.3, -0.25) is 0 Å². The van der Waals surface area contributed by atoms with Gasteiger partial charge in [-0.25, -0.2) is 4.99 Å². The first-order chi connectivity index (χ1) is 15.9. The molecule has 0 saturated carbocycles. The van der Waals surface area contributed by atoms with Crippen LogP contribution in [0.3, 0.4) is 0 Å². The van der Waals surface area contributed by atoms with Crippen molar-refractivity contribution in [2.75, 3.05) is 0 Å². The monoisotopic (exact) mass is 410 g/mol. The van der Waals surface area contributed by atoms with E-state index in [-0.39, 0.29) is 0 Å². The van der Waals surface area contributed by atoms with Crippen LogP contribution in [-0.4, -0.2) is 10.3 Å². The van der Waals surface area contributed by atoms with Crippen LogP contribution in [0.15, 0.2) is 126 Å². The molecule has 2 aliphatic rings. The lowest BCUT2D eigenvalue weighted by Crippen LogP contribution is -1.95. The summed E-state index contributed by atoms with van der Waals surface area (Å²) < 4.78 is 2.32. The van der Waals surface area contributed by atoms with Crippen molar-refractivity contribution in [1.82, 2.24) is 4.57 Å². The highest BCUT2D eigenvalue weighted by molar-refractivity contribution is 6.34. The molecule has 4 aromatic carbocycles. The van der Waals surface area contributed by atoms with Crippen molar-refractivity contribution in [3.8, 4) is 5.69 Å². The average molecular weight is 411 g/mol. The zero-order valence-electron chi connectivity index (χ0n) is 17.6. The minimum Gasteiger partial charge on any atom is -0.309 e. The predicted octanol–water partition coefficient (Wildman–Crippen LogP) is 7.90. The summed E-state index contributed by atoms with van der Waals surface area (Å²) in [5, 5.41) is 2.61. The standard InChI is InChI=1S/C18H13N.C12H9N/c1-2-8-14(9-3-1)19-17-12-6-4-10-15(17)16-11-5-7-13-18(16)19;1-3-7-11-9(5-1)10-6-2-4-8-12(10)13-11/h1-13H;1,3-8H,2H2. The average Bonchev–Trinajstić information content (AvgIpc) is 3.41. The van der Waals surface area contributed by atoms with Gasteiger partial charge in [0.1, 0.15) is 0 Å². The Morgan fingerprint density at radius 1 is 0.625 bits per heavy atom. The molecule has 2 nitrogen and oxygen atoms in total. The molecule has 5 aromatic rings. The van der Waals surface area contributed by atoms with E-state index in [1.165, 1.54) is 38.6 Å². The van der Waals surface area contributed by atoms with Crippen LogP contribution in [0.1, 0.15) is 12.0 Å². The first-order valence-electron chi connectivity index (χ1n) is 11.0. The minimum atomic E-state index is 1.03. The quantitative estimate of drug-likeness (QED) is 0.267. The second-order valence-corrected chi connectivity index (χ2v) is 7.98. The number of fused-ring (bicyclic) bond motifs is 6. The van der Waals surface area contributed by atoms with E-state index in [0.29, 0.717) is 0 Å². The van der Waals surface area contributed by atoms with Gasteiger partial charge in [-0.05, 0) is 42.8 Å². The molecule has 0 spiro atoms. The van der Waals surface area contributed by atoms with Crippen molar-refractivity contribution >= 4 is 38.8 Å². The number of hydrogen-bond acceptors (Lipinski definition) is 1. The first kappa shape index (κ1) is 18.6. The van der Waals surface area contributed by atoms with Gasteiger partial charge in [0.05, 0.1) is 22.4 Å². The second-order valence-electron chi connectivity index (χ2n) is 7.98. The lowest BCUT2D eigenvalue weighted by Gasteiger charge is -2.06. The van der Waals surface area contributed by atoms with Crippen LogP contribution >= 0.6 is 0 Å². The summed E-state index contributed by atoms with van der Waals surface area (Å²) in [5.74, 6) is 0. The Balaban J connectivity index is 0.000000131. The van der Waals surface area contributed by atoms with Crippen molar-refractivity contribution in [2.45, 2.75) is 6.42 Å². The Labute approximate surface area is 187 Å². The maximum atomic E-state index is 4.54. The zero-order valence-corrected chi connectivity index (χ0v) is 17.6. The van der Waals surface area contributed by atoms with E-state index < -0.39 is 0 Å². The number of benzene rings is 4. The number of para-hydroxylation sites is 4. The summed E-state index contributed by atoms with van der Waals surface area (Å²) in [4.78, 5) is 4.54. The van der Waals surface area contributed by atoms with Gasteiger partial charge >= 0.3 is 0 Å². The van der Waals surface area contributed by atoms with Gasteiger partial charge in [-0.2, -0.15) is 0 Å². The molecular weight excluding hydrogens is 388 g/mol. The summed E-state index contributed by atoms with van der Waals surface area (Å²) in [6, 6.07) is 36.0. The second kappa shape index (κ2) is 7.82. The molecule has 0 amide bonds. The van der Waals surface area contributed by atoms with Gasteiger partial charge in [0, 0.05) is 27.6 Å². The molecule has 0 fully saturated rings. The number of aromatic nitrogens is 1. The SMILES string of the molecule is C1=CC2=Nc3ccccc3C2=CC1.c1ccc(-n2c3ccccc3c3ccccc32)cc1. The third-order valence-corrected chi connectivity index (χ3v) is 6.04. The number of aliphatic imine (C=N–C) groups is 1. The van der Waals surface area contributed by atoms with E-state index in [9.17, 15) is 0 Å². The Morgan fingerprint density at radius 3 is 2.00 bits per heavy atom. The van der Waals surface area contributed by atoms with Crippen molar-refractivity contribution in [2.24, 2.45) is 4.99 Å². The van der Waals surface area contributed by atoms with Gasteiger partial charge in [-0.1, -0.05) is 84.9 Å². The Morgan fingerprint density at radius 2 is 1.25 bits per heavy atom. The van der Waals surface area contributed by atoms with Crippen LogP contribution < -0.4 is 0 Å². The van der Waals surface area contributed by atoms with Gasteiger partial charge in [-0.15, -0.1) is 0 Å². The highest BCUT2D eigenvalue weighted by atomic mass is 15.0.